The lowest BCUT2D eigenvalue weighted by atomic mass is 9.88. The Kier molecular flexibility index (Phi) is 3.66. The first-order chi connectivity index (χ1) is 8.61. The molecular weight excluding hydrogens is 224 g/mol. The predicted molar refractivity (Wildman–Crippen MR) is 70.0 cm³/mol. The Balaban J connectivity index is 2.09. The molecule has 0 N–H and O–H groups in total. The van der Waals surface area contributed by atoms with Gasteiger partial charge in [-0.1, -0.05) is 13.8 Å². The average Bonchev–Trinajstić information content (AvgIpc) is 2.41. The number of amides is 1. The number of benzene rings is 1. The van der Waals surface area contributed by atoms with Gasteiger partial charge in [0.05, 0.1) is 11.6 Å². The van der Waals surface area contributed by atoms with E-state index < -0.39 is 0 Å². The van der Waals surface area contributed by atoms with E-state index in [1.165, 1.54) is 0 Å². The van der Waals surface area contributed by atoms with Gasteiger partial charge in [0, 0.05) is 18.7 Å². The van der Waals surface area contributed by atoms with Crippen molar-refractivity contribution in [2.45, 2.75) is 20.3 Å². The minimum absolute atomic E-state index is 0.0817. The lowest BCUT2D eigenvalue weighted by molar-refractivity contribution is 0.0627. The summed E-state index contributed by atoms with van der Waals surface area (Å²) >= 11 is 0. The first kappa shape index (κ1) is 12.6. The van der Waals surface area contributed by atoms with E-state index in [-0.39, 0.29) is 5.91 Å². The van der Waals surface area contributed by atoms with E-state index in [0.29, 0.717) is 23.0 Å². The Morgan fingerprint density at radius 1 is 1.28 bits per heavy atom. The molecule has 3 heteroatoms. The largest absolute Gasteiger partial charge is 0.338 e. The van der Waals surface area contributed by atoms with Crippen LogP contribution < -0.4 is 0 Å². The van der Waals surface area contributed by atoms with Crippen molar-refractivity contribution in [3.8, 4) is 6.07 Å². The highest BCUT2D eigenvalue weighted by atomic mass is 16.2. The van der Waals surface area contributed by atoms with Crippen LogP contribution in [0.4, 0.5) is 0 Å². The van der Waals surface area contributed by atoms with E-state index in [1.54, 1.807) is 24.3 Å². The maximum absolute atomic E-state index is 12.3. The van der Waals surface area contributed by atoms with Gasteiger partial charge >= 0.3 is 0 Å². The third-order valence-corrected chi connectivity index (χ3v) is 3.88. The lowest BCUT2D eigenvalue weighted by Crippen LogP contribution is -2.42. The zero-order chi connectivity index (χ0) is 13.1. The van der Waals surface area contributed by atoms with Crippen molar-refractivity contribution in [1.29, 1.82) is 5.26 Å². The van der Waals surface area contributed by atoms with E-state index in [2.05, 4.69) is 19.9 Å². The van der Waals surface area contributed by atoms with Crippen LogP contribution in [0.15, 0.2) is 24.3 Å². The zero-order valence-corrected chi connectivity index (χ0v) is 10.9. The maximum atomic E-state index is 12.3. The second-order valence-corrected chi connectivity index (χ2v) is 5.18. The van der Waals surface area contributed by atoms with Crippen LogP contribution in [-0.2, 0) is 0 Å². The molecule has 1 aliphatic heterocycles. The number of nitriles is 1. The number of rotatable bonds is 1. The summed E-state index contributed by atoms with van der Waals surface area (Å²) in [7, 11) is 0. The molecule has 2 rings (SSSR count). The molecule has 1 aliphatic rings. The summed E-state index contributed by atoms with van der Waals surface area (Å²) in [4.78, 5) is 14.2. The molecule has 1 amide bonds. The topological polar surface area (TPSA) is 44.1 Å². The minimum atomic E-state index is 0.0817. The van der Waals surface area contributed by atoms with Crippen molar-refractivity contribution in [3.05, 3.63) is 35.4 Å². The van der Waals surface area contributed by atoms with Crippen molar-refractivity contribution in [1.82, 2.24) is 4.90 Å². The SMILES string of the molecule is CC1CCN(C(=O)c2ccc(C#N)cc2)CC1C. The summed E-state index contributed by atoms with van der Waals surface area (Å²) in [6, 6.07) is 8.94. The summed E-state index contributed by atoms with van der Waals surface area (Å²) in [5.41, 5.74) is 1.27. The minimum Gasteiger partial charge on any atom is -0.338 e. The highest BCUT2D eigenvalue weighted by molar-refractivity contribution is 5.94. The Morgan fingerprint density at radius 3 is 2.50 bits per heavy atom. The standard InChI is InChI=1S/C15H18N2O/c1-11-7-8-17(10-12(11)2)15(18)14-5-3-13(9-16)4-6-14/h3-6,11-12H,7-8,10H2,1-2H3. The first-order valence-corrected chi connectivity index (χ1v) is 6.41. The average molecular weight is 242 g/mol. The molecule has 1 heterocycles. The quantitative estimate of drug-likeness (QED) is 0.760. The van der Waals surface area contributed by atoms with E-state index in [0.717, 1.165) is 19.5 Å². The van der Waals surface area contributed by atoms with E-state index in [1.807, 2.05) is 4.90 Å². The van der Waals surface area contributed by atoms with Crippen molar-refractivity contribution in [2.24, 2.45) is 11.8 Å². The van der Waals surface area contributed by atoms with E-state index in [9.17, 15) is 4.79 Å². The molecule has 0 spiro atoms. The van der Waals surface area contributed by atoms with E-state index in [4.69, 9.17) is 5.26 Å². The van der Waals surface area contributed by atoms with Gasteiger partial charge < -0.3 is 4.90 Å². The predicted octanol–water partition coefficient (Wildman–Crippen LogP) is 2.68. The van der Waals surface area contributed by atoms with Crippen LogP contribution in [0, 0.1) is 23.2 Å². The number of carbonyl (C=O) groups is 1. The molecule has 0 saturated carbocycles. The van der Waals surface area contributed by atoms with Crippen molar-refractivity contribution in [3.63, 3.8) is 0 Å². The number of carbonyl (C=O) groups excluding carboxylic acids is 1. The molecule has 0 bridgehead atoms. The Labute approximate surface area is 108 Å². The number of hydrogen-bond acceptors (Lipinski definition) is 2. The van der Waals surface area contributed by atoms with Gasteiger partial charge in [-0.15, -0.1) is 0 Å². The fourth-order valence-corrected chi connectivity index (χ4v) is 2.32. The van der Waals surface area contributed by atoms with Crippen LogP contribution in [0.3, 0.4) is 0 Å². The second kappa shape index (κ2) is 5.22. The molecule has 18 heavy (non-hydrogen) atoms. The van der Waals surface area contributed by atoms with Crippen LogP contribution in [0.5, 0.6) is 0 Å². The van der Waals surface area contributed by atoms with Crippen LogP contribution >= 0.6 is 0 Å². The van der Waals surface area contributed by atoms with Gasteiger partial charge in [0.25, 0.3) is 5.91 Å². The molecular formula is C15H18N2O. The summed E-state index contributed by atoms with van der Waals surface area (Å²) in [6.45, 7) is 6.11. The molecule has 0 aromatic heterocycles. The van der Waals surface area contributed by atoms with Crippen LogP contribution in [0.2, 0.25) is 0 Å². The molecule has 1 fully saturated rings. The summed E-state index contributed by atoms with van der Waals surface area (Å²) < 4.78 is 0. The second-order valence-electron chi connectivity index (χ2n) is 5.18. The van der Waals surface area contributed by atoms with Gasteiger partial charge in [-0.2, -0.15) is 5.26 Å². The Bertz CT molecular complexity index is 472. The molecule has 1 saturated heterocycles. The highest BCUT2D eigenvalue weighted by Crippen LogP contribution is 2.23. The normalized spacial score (nSPS) is 23.5. The van der Waals surface area contributed by atoms with Crippen molar-refractivity contribution >= 4 is 5.91 Å². The Hall–Kier alpha value is -1.82. The first-order valence-electron chi connectivity index (χ1n) is 6.41. The van der Waals surface area contributed by atoms with Crippen molar-refractivity contribution in [2.75, 3.05) is 13.1 Å². The molecule has 0 aliphatic carbocycles. The maximum Gasteiger partial charge on any atom is 0.253 e. The van der Waals surface area contributed by atoms with Crippen molar-refractivity contribution < 1.29 is 4.79 Å². The fraction of sp³-hybridized carbons (Fsp3) is 0.467. The third kappa shape index (κ3) is 2.53. The van der Waals surface area contributed by atoms with Crippen LogP contribution in [0.25, 0.3) is 0 Å². The fourth-order valence-electron chi connectivity index (χ4n) is 2.32. The number of hydrogen-bond donors (Lipinski definition) is 0. The highest BCUT2D eigenvalue weighted by Gasteiger charge is 2.26. The van der Waals surface area contributed by atoms with Gasteiger partial charge in [0.15, 0.2) is 0 Å². The molecule has 3 nitrogen and oxygen atoms in total. The summed E-state index contributed by atoms with van der Waals surface area (Å²) in [5.74, 6) is 1.33. The van der Waals surface area contributed by atoms with Crippen LogP contribution in [-0.4, -0.2) is 23.9 Å². The number of piperidine rings is 1. The molecule has 1 aromatic carbocycles. The summed E-state index contributed by atoms with van der Waals surface area (Å²) in [6.07, 6.45) is 1.07. The van der Waals surface area contributed by atoms with Gasteiger partial charge in [0.2, 0.25) is 0 Å². The molecule has 2 unspecified atom stereocenters. The van der Waals surface area contributed by atoms with Gasteiger partial charge in [-0.05, 0) is 42.5 Å². The molecule has 2 atom stereocenters. The van der Waals surface area contributed by atoms with Gasteiger partial charge in [0.1, 0.15) is 0 Å². The van der Waals surface area contributed by atoms with Gasteiger partial charge in [-0.25, -0.2) is 0 Å². The zero-order valence-electron chi connectivity index (χ0n) is 10.9. The van der Waals surface area contributed by atoms with Gasteiger partial charge in [-0.3, -0.25) is 4.79 Å². The molecule has 0 radical (unpaired) electrons. The van der Waals surface area contributed by atoms with E-state index >= 15 is 0 Å². The smallest absolute Gasteiger partial charge is 0.253 e. The third-order valence-electron chi connectivity index (χ3n) is 3.88. The monoisotopic (exact) mass is 242 g/mol. The van der Waals surface area contributed by atoms with Crippen LogP contribution in [0.1, 0.15) is 36.2 Å². The molecule has 94 valence electrons. The summed E-state index contributed by atoms with van der Waals surface area (Å²) in [5, 5.41) is 8.73. The number of likely N-dealkylation sites (tertiary alicyclic amines) is 1. The Morgan fingerprint density at radius 2 is 1.94 bits per heavy atom. The molecule has 1 aromatic rings. The number of nitrogens with zero attached hydrogens (tertiary/aromatic N) is 2. The lowest BCUT2D eigenvalue weighted by Gasteiger charge is -2.35.